The van der Waals surface area contributed by atoms with Gasteiger partial charge in [-0.15, -0.1) is 0 Å². The summed E-state index contributed by atoms with van der Waals surface area (Å²) in [5.41, 5.74) is 0.884. The van der Waals surface area contributed by atoms with Crippen molar-refractivity contribution in [1.82, 2.24) is 15.2 Å². The first-order valence-corrected chi connectivity index (χ1v) is 9.75. The van der Waals surface area contributed by atoms with Gasteiger partial charge in [0.1, 0.15) is 5.69 Å². The lowest BCUT2D eigenvalue weighted by molar-refractivity contribution is -0.122. The minimum absolute atomic E-state index is 0.0510. The summed E-state index contributed by atoms with van der Waals surface area (Å²) in [5, 5.41) is 2.62. The lowest BCUT2D eigenvalue weighted by atomic mass is 10.2. The Morgan fingerprint density at radius 1 is 1.24 bits per heavy atom. The SMILES string of the molecule is O=C(NCCN1C(=O)S/C(=C\c2ccc3c(c2)OCO3)C1=O)c1cc(Cl)ccn1. The summed E-state index contributed by atoms with van der Waals surface area (Å²) >= 11 is 6.69. The van der Waals surface area contributed by atoms with Crippen LogP contribution in [0.25, 0.3) is 6.08 Å². The van der Waals surface area contributed by atoms with Gasteiger partial charge in [0.05, 0.1) is 4.91 Å². The lowest BCUT2D eigenvalue weighted by Gasteiger charge is -2.12. The molecule has 3 amide bonds. The van der Waals surface area contributed by atoms with Crippen molar-refractivity contribution in [3.05, 3.63) is 57.7 Å². The third kappa shape index (κ3) is 4.20. The van der Waals surface area contributed by atoms with Crippen LogP contribution in [0.3, 0.4) is 0 Å². The van der Waals surface area contributed by atoms with E-state index in [2.05, 4.69) is 10.3 Å². The van der Waals surface area contributed by atoms with Crippen LogP contribution in [-0.2, 0) is 4.79 Å². The Morgan fingerprint density at radius 2 is 2.07 bits per heavy atom. The molecule has 1 fully saturated rings. The molecular formula is C19H14ClN3O5S. The number of nitrogens with zero attached hydrogens (tertiary/aromatic N) is 2. The van der Waals surface area contributed by atoms with Crippen molar-refractivity contribution in [3.63, 3.8) is 0 Å². The molecule has 29 heavy (non-hydrogen) atoms. The highest BCUT2D eigenvalue weighted by molar-refractivity contribution is 8.18. The number of ether oxygens (including phenoxy) is 2. The van der Waals surface area contributed by atoms with Crippen LogP contribution >= 0.6 is 23.4 Å². The summed E-state index contributed by atoms with van der Waals surface area (Å²) in [5.74, 6) is 0.388. The minimum Gasteiger partial charge on any atom is -0.454 e. The van der Waals surface area contributed by atoms with Crippen LogP contribution in [0.2, 0.25) is 5.02 Å². The van der Waals surface area contributed by atoms with Gasteiger partial charge in [-0.05, 0) is 47.7 Å². The van der Waals surface area contributed by atoms with Crippen LogP contribution in [0.1, 0.15) is 16.1 Å². The molecule has 0 bridgehead atoms. The number of hydrogen-bond donors (Lipinski definition) is 1. The number of fused-ring (bicyclic) bond motifs is 1. The van der Waals surface area contributed by atoms with Crippen molar-refractivity contribution in [2.24, 2.45) is 0 Å². The molecule has 0 radical (unpaired) electrons. The van der Waals surface area contributed by atoms with Crippen LogP contribution in [0.15, 0.2) is 41.4 Å². The fraction of sp³-hybridized carbons (Fsp3) is 0.158. The first-order chi connectivity index (χ1) is 14.0. The molecule has 0 unspecified atom stereocenters. The maximum atomic E-state index is 12.6. The molecule has 2 aliphatic rings. The number of carbonyl (C=O) groups is 3. The van der Waals surface area contributed by atoms with E-state index < -0.39 is 17.1 Å². The summed E-state index contributed by atoms with van der Waals surface area (Å²) in [6.45, 7) is 0.309. The fourth-order valence-electron chi connectivity index (χ4n) is 2.75. The van der Waals surface area contributed by atoms with Crippen molar-refractivity contribution in [2.75, 3.05) is 19.9 Å². The first-order valence-electron chi connectivity index (χ1n) is 8.56. The second kappa shape index (κ2) is 8.14. The molecule has 1 N–H and O–H groups in total. The Labute approximate surface area is 174 Å². The summed E-state index contributed by atoms with van der Waals surface area (Å²) < 4.78 is 10.6. The minimum atomic E-state index is -0.435. The number of thioether (sulfide) groups is 1. The molecule has 10 heteroatoms. The van der Waals surface area contributed by atoms with Gasteiger partial charge in [-0.1, -0.05) is 17.7 Å². The van der Waals surface area contributed by atoms with Crippen molar-refractivity contribution in [1.29, 1.82) is 0 Å². The normalized spacial score (nSPS) is 16.6. The van der Waals surface area contributed by atoms with Crippen LogP contribution in [0.4, 0.5) is 4.79 Å². The van der Waals surface area contributed by atoms with E-state index in [0.29, 0.717) is 21.4 Å². The molecule has 8 nitrogen and oxygen atoms in total. The molecule has 0 saturated carbocycles. The van der Waals surface area contributed by atoms with Gasteiger partial charge in [0, 0.05) is 24.3 Å². The van der Waals surface area contributed by atoms with Crippen molar-refractivity contribution in [2.45, 2.75) is 0 Å². The number of nitrogens with one attached hydrogen (secondary N) is 1. The fourth-order valence-corrected chi connectivity index (χ4v) is 3.77. The van der Waals surface area contributed by atoms with E-state index in [1.807, 2.05) is 0 Å². The predicted molar refractivity (Wildman–Crippen MR) is 107 cm³/mol. The maximum absolute atomic E-state index is 12.6. The second-order valence-corrected chi connectivity index (χ2v) is 7.49. The van der Waals surface area contributed by atoms with E-state index in [-0.39, 0.29) is 25.6 Å². The number of aromatic nitrogens is 1. The molecular weight excluding hydrogens is 418 g/mol. The molecule has 2 aliphatic heterocycles. The molecule has 148 valence electrons. The highest BCUT2D eigenvalue weighted by atomic mass is 35.5. The molecule has 2 aromatic rings. The zero-order valence-corrected chi connectivity index (χ0v) is 16.5. The van der Waals surface area contributed by atoms with Crippen molar-refractivity contribution < 1.29 is 23.9 Å². The summed E-state index contributed by atoms with van der Waals surface area (Å²) in [6.07, 6.45) is 3.05. The number of benzene rings is 1. The molecule has 3 heterocycles. The molecule has 1 saturated heterocycles. The third-order valence-electron chi connectivity index (χ3n) is 4.14. The maximum Gasteiger partial charge on any atom is 0.293 e. The average Bonchev–Trinajstić information content (AvgIpc) is 3.27. The Morgan fingerprint density at radius 3 is 2.90 bits per heavy atom. The standard InChI is InChI=1S/C19H14ClN3O5S/c20-12-3-4-21-13(9-12)17(24)22-5-6-23-18(25)16(29-19(23)26)8-11-1-2-14-15(7-11)28-10-27-14/h1-4,7-9H,5-6,10H2,(H,22,24)/b16-8-. The highest BCUT2D eigenvalue weighted by Crippen LogP contribution is 2.36. The summed E-state index contributed by atoms with van der Waals surface area (Å²) in [7, 11) is 0. The van der Waals surface area contributed by atoms with Crippen LogP contribution in [0.5, 0.6) is 11.5 Å². The zero-order valence-electron chi connectivity index (χ0n) is 14.9. The quantitative estimate of drug-likeness (QED) is 0.727. The van der Waals surface area contributed by atoms with E-state index in [1.54, 1.807) is 30.3 Å². The monoisotopic (exact) mass is 431 g/mol. The number of imide groups is 1. The molecule has 0 atom stereocenters. The number of rotatable bonds is 5. The molecule has 0 aliphatic carbocycles. The topological polar surface area (TPSA) is 97.8 Å². The zero-order chi connectivity index (χ0) is 20.4. The van der Waals surface area contributed by atoms with Gasteiger partial charge in [0.15, 0.2) is 11.5 Å². The molecule has 1 aromatic heterocycles. The smallest absolute Gasteiger partial charge is 0.293 e. The molecule has 1 aromatic carbocycles. The van der Waals surface area contributed by atoms with Crippen LogP contribution in [0, 0.1) is 0 Å². The van der Waals surface area contributed by atoms with Gasteiger partial charge in [0.2, 0.25) is 6.79 Å². The molecule has 4 rings (SSSR count). The van der Waals surface area contributed by atoms with E-state index >= 15 is 0 Å². The van der Waals surface area contributed by atoms with E-state index in [0.717, 1.165) is 22.2 Å². The van der Waals surface area contributed by atoms with Gasteiger partial charge in [-0.3, -0.25) is 24.3 Å². The van der Waals surface area contributed by atoms with E-state index in [4.69, 9.17) is 21.1 Å². The number of pyridine rings is 1. The Hall–Kier alpha value is -3.04. The Bertz CT molecular complexity index is 1040. The van der Waals surface area contributed by atoms with Crippen LogP contribution < -0.4 is 14.8 Å². The Balaban J connectivity index is 1.37. The highest BCUT2D eigenvalue weighted by Gasteiger charge is 2.34. The van der Waals surface area contributed by atoms with E-state index in [1.165, 1.54) is 12.3 Å². The average molecular weight is 432 g/mol. The van der Waals surface area contributed by atoms with Gasteiger partial charge in [-0.25, -0.2) is 0 Å². The van der Waals surface area contributed by atoms with Crippen molar-refractivity contribution >= 4 is 46.5 Å². The van der Waals surface area contributed by atoms with Crippen molar-refractivity contribution in [3.8, 4) is 11.5 Å². The summed E-state index contributed by atoms with van der Waals surface area (Å²) in [6, 6.07) is 8.27. The van der Waals surface area contributed by atoms with Crippen LogP contribution in [-0.4, -0.2) is 46.8 Å². The molecule has 0 spiro atoms. The number of carbonyl (C=O) groups excluding carboxylic acids is 3. The third-order valence-corrected chi connectivity index (χ3v) is 5.29. The van der Waals surface area contributed by atoms with Gasteiger partial charge in [-0.2, -0.15) is 0 Å². The van der Waals surface area contributed by atoms with Gasteiger partial charge in [0.25, 0.3) is 17.1 Å². The largest absolute Gasteiger partial charge is 0.454 e. The first kappa shape index (κ1) is 19.3. The lowest BCUT2D eigenvalue weighted by Crippen LogP contribution is -2.37. The second-order valence-electron chi connectivity index (χ2n) is 6.06. The van der Waals surface area contributed by atoms with Gasteiger partial charge < -0.3 is 14.8 Å². The predicted octanol–water partition coefficient (Wildman–Crippen LogP) is 2.93. The van der Waals surface area contributed by atoms with E-state index in [9.17, 15) is 14.4 Å². The number of hydrogen-bond acceptors (Lipinski definition) is 7. The Kier molecular flexibility index (Phi) is 5.41. The number of amides is 3. The number of halogens is 1. The summed E-state index contributed by atoms with van der Waals surface area (Å²) in [4.78, 5) is 42.2. The van der Waals surface area contributed by atoms with Gasteiger partial charge >= 0.3 is 0 Å².